The first-order valence-electron chi connectivity index (χ1n) is 6.66. The molecule has 0 aliphatic carbocycles. The van der Waals surface area contributed by atoms with E-state index in [-0.39, 0.29) is 11.6 Å². The van der Waals surface area contributed by atoms with Crippen LogP contribution in [0.1, 0.15) is 45.4 Å². The van der Waals surface area contributed by atoms with Crippen LogP contribution in [-0.2, 0) is 6.54 Å². The van der Waals surface area contributed by atoms with E-state index >= 15 is 0 Å². The Morgan fingerprint density at radius 2 is 2.11 bits per heavy atom. The maximum absolute atomic E-state index is 10.0. The Bertz CT molecular complexity index is 396. The molecule has 0 bridgehead atoms. The van der Waals surface area contributed by atoms with Gasteiger partial charge in [0, 0.05) is 19.0 Å². The highest BCUT2D eigenvalue weighted by atomic mass is 16.4. The molecule has 1 aromatic heterocycles. The van der Waals surface area contributed by atoms with Crippen LogP contribution >= 0.6 is 0 Å². The second kappa shape index (κ2) is 6.82. The van der Waals surface area contributed by atoms with Gasteiger partial charge in [0.1, 0.15) is 0 Å². The summed E-state index contributed by atoms with van der Waals surface area (Å²) in [4.78, 5) is 2.15. The van der Waals surface area contributed by atoms with Gasteiger partial charge in [-0.3, -0.25) is 4.90 Å². The second-order valence-corrected chi connectivity index (χ2v) is 5.79. The Labute approximate surface area is 115 Å². The van der Waals surface area contributed by atoms with Gasteiger partial charge in [-0.15, -0.1) is 16.8 Å². The third kappa shape index (κ3) is 5.53. The number of allylic oxidation sites excluding steroid dienone is 1. The summed E-state index contributed by atoms with van der Waals surface area (Å²) in [7, 11) is 0. The molecule has 0 saturated carbocycles. The summed E-state index contributed by atoms with van der Waals surface area (Å²) in [6.07, 6.45) is 2.99. The Balaban J connectivity index is 2.64. The van der Waals surface area contributed by atoms with Crippen molar-refractivity contribution in [3.05, 3.63) is 24.4 Å². The number of β-amino-alcohol motifs (C(OH)–C–C–N with tert-alkyl or cyclic N) is 1. The number of hydrogen-bond acceptors (Lipinski definition) is 5. The SMILES string of the molecule is C=CCCC(O)CN(Cc1nnc(C)o1)C(C)(C)C. The molecule has 0 fully saturated rings. The van der Waals surface area contributed by atoms with Gasteiger partial charge < -0.3 is 9.52 Å². The van der Waals surface area contributed by atoms with E-state index in [2.05, 4.69) is 42.4 Å². The van der Waals surface area contributed by atoms with E-state index < -0.39 is 0 Å². The van der Waals surface area contributed by atoms with Crippen molar-refractivity contribution in [2.45, 2.75) is 58.7 Å². The monoisotopic (exact) mass is 267 g/mol. The van der Waals surface area contributed by atoms with Crippen LogP contribution < -0.4 is 0 Å². The standard InChI is InChI=1S/C14H25N3O2/c1-6-7-8-12(18)9-17(14(3,4)5)10-13-16-15-11(2)19-13/h6,12,18H,1,7-10H2,2-5H3. The van der Waals surface area contributed by atoms with Crippen molar-refractivity contribution in [3.63, 3.8) is 0 Å². The van der Waals surface area contributed by atoms with Crippen molar-refractivity contribution in [2.75, 3.05) is 6.54 Å². The fraction of sp³-hybridized carbons (Fsp3) is 0.714. The minimum atomic E-state index is -0.374. The Hall–Kier alpha value is -1.20. The molecule has 0 radical (unpaired) electrons. The molecule has 1 aromatic rings. The molecule has 1 heterocycles. The molecule has 1 rings (SSSR count). The zero-order valence-electron chi connectivity index (χ0n) is 12.4. The van der Waals surface area contributed by atoms with Crippen molar-refractivity contribution in [2.24, 2.45) is 0 Å². The summed E-state index contributed by atoms with van der Waals surface area (Å²) in [5.74, 6) is 1.15. The van der Waals surface area contributed by atoms with Crippen molar-refractivity contribution in [1.29, 1.82) is 0 Å². The number of aryl methyl sites for hydroxylation is 1. The molecular weight excluding hydrogens is 242 g/mol. The minimum absolute atomic E-state index is 0.0719. The van der Waals surface area contributed by atoms with Crippen LogP contribution in [0.5, 0.6) is 0 Å². The molecule has 0 spiro atoms. The lowest BCUT2D eigenvalue weighted by molar-refractivity contribution is 0.0433. The Morgan fingerprint density at radius 3 is 2.58 bits per heavy atom. The van der Waals surface area contributed by atoms with E-state index in [0.29, 0.717) is 24.9 Å². The van der Waals surface area contributed by atoms with Crippen LogP contribution in [0.3, 0.4) is 0 Å². The minimum Gasteiger partial charge on any atom is -0.424 e. The average molecular weight is 267 g/mol. The van der Waals surface area contributed by atoms with Crippen molar-refractivity contribution < 1.29 is 9.52 Å². The number of aromatic nitrogens is 2. The van der Waals surface area contributed by atoms with Crippen LogP contribution in [0, 0.1) is 6.92 Å². The van der Waals surface area contributed by atoms with Gasteiger partial charge in [-0.25, -0.2) is 0 Å². The summed E-state index contributed by atoms with van der Waals surface area (Å²) in [6, 6.07) is 0. The average Bonchev–Trinajstić information content (AvgIpc) is 2.70. The van der Waals surface area contributed by atoms with E-state index in [1.807, 2.05) is 6.08 Å². The summed E-state index contributed by atoms with van der Waals surface area (Å²) < 4.78 is 5.41. The third-order valence-corrected chi connectivity index (χ3v) is 2.98. The van der Waals surface area contributed by atoms with Gasteiger partial charge in [-0.05, 0) is 33.6 Å². The maximum atomic E-state index is 10.0. The second-order valence-electron chi connectivity index (χ2n) is 5.79. The fourth-order valence-electron chi connectivity index (χ4n) is 1.80. The summed E-state index contributed by atoms with van der Waals surface area (Å²) in [6.45, 7) is 12.9. The van der Waals surface area contributed by atoms with Crippen LogP contribution in [0.25, 0.3) is 0 Å². The smallest absolute Gasteiger partial charge is 0.230 e. The van der Waals surface area contributed by atoms with Gasteiger partial charge in [0.2, 0.25) is 11.8 Å². The lowest BCUT2D eigenvalue weighted by Gasteiger charge is -2.36. The highest BCUT2D eigenvalue weighted by Crippen LogP contribution is 2.18. The zero-order chi connectivity index (χ0) is 14.5. The van der Waals surface area contributed by atoms with Gasteiger partial charge >= 0.3 is 0 Å². The van der Waals surface area contributed by atoms with E-state index in [4.69, 9.17) is 4.42 Å². The van der Waals surface area contributed by atoms with Crippen molar-refractivity contribution >= 4 is 0 Å². The van der Waals surface area contributed by atoms with Crippen LogP contribution in [-0.4, -0.2) is 38.4 Å². The van der Waals surface area contributed by atoms with Crippen LogP contribution in [0.15, 0.2) is 17.1 Å². The Morgan fingerprint density at radius 1 is 1.42 bits per heavy atom. The molecule has 0 aliphatic heterocycles. The normalized spacial score (nSPS) is 13.8. The molecular formula is C14H25N3O2. The largest absolute Gasteiger partial charge is 0.424 e. The van der Waals surface area contributed by atoms with E-state index in [1.165, 1.54) is 0 Å². The number of rotatable bonds is 7. The third-order valence-electron chi connectivity index (χ3n) is 2.98. The van der Waals surface area contributed by atoms with Gasteiger partial charge in [0.25, 0.3) is 0 Å². The molecule has 1 N–H and O–H groups in total. The topological polar surface area (TPSA) is 62.4 Å². The predicted molar refractivity (Wildman–Crippen MR) is 74.6 cm³/mol. The molecule has 108 valence electrons. The number of nitrogens with zero attached hydrogens (tertiary/aromatic N) is 3. The maximum Gasteiger partial charge on any atom is 0.230 e. The van der Waals surface area contributed by atoms with E-state index in [9.17, 15) is 5.11 Å². The van der Waals surface area contributed by atoms with Crippen LogP contribution in [0.2, 0.25) is 0 Å². The first-order chi connectivity index (χ1) is 8.82. The molecule has 5 nitrogen and oxygen atoms in total. The molecule has 19 heavy (non-hydrogen) atoms. The van der Waals surface area contributed by atoms with Gasteiger partial charge in [-0.2, -0.15) is 0 Å². The first kappa shape index (κ1) is 15.9. The quantitative estimate of drug-likeness (QED) is 0.768. The van der Waals surface area contributed by atoms with E-state index in [1.54, 1.807) is 6.92 Å². The number of hydrogen-bond donors (Lipinski definition) is 1. The van der Waals surface area contributed by atoms with E-state index in [0.717, 1.165) is 12.8 Å². The van der Waals surface area contributed by atoms with Crippen molar-refractivity contribution in [3.8, 4) is 0 Å². The molecule has 0 aliphatic rings. The lowest BCUT2D eigenvalue weighted by Crippen LogP contribution is -2.45. The summed E-state index contributed by atoms with van der Waals surface area (Å²) in [5, 5.41) is 17.9. The Kier molecular flexibility index (Phi) is 5.69. The zero-order valence-corrected chi connectivity index (χ0v) is 12.4. The molecule has 1 atom stereocenters. The molecule has 0 saturated heterocycles. The van der Waals surface area contributed by atoms with Gasteiger partial charge in [-0.1, -0.05) is 6.08 Å². The highest BCUT2D eigenvalue weighted by molar-refractivity contribution is 4.86. The predicted octanol–water partition coefficient (Wildman–Crippen LogP) is 2.31. The summed E-state index contributed by atoms with van der Waals surface area (Å²) >= 11 is 0. The molecule has 5 heteroatoms. The molecule has 0 amide bonds. The number of aliphatic hydroxyl groups excluding tert-OH is 1. The van der Waals surface area contributed by atoms with Gasteiger partial charge in [0.15, 0.2) is 0 Å². The van der Waals surface area contributed by atoms with Gasteiger partial charge in [0.05, 0.1) is 12.6 Å². The van der Waals surface area contributed by atoms with Crippen molar-refractivity contribution in [1.82, 2.24) is 15.1 Å². The summed E-state index contributed by atoms with van der Waals surface area (Å²) in [5.41, 5.74) is -0.0719. The molecule has 1 unspecified atom stereocenters. The first-order valence-corrected chi connectivity index (χ1v) is 6.66. The number of aliphatic hydroxyl groups is 1. The fourth-order valence-corrected chi connectivity index (χ4v) is 1.80. The van der Waals surface area contributed by atoms with Crippen LogP contribution in [0.4, 0.5) is 0 Å². The molecule has 0 aromatic carbocycles. The lowest BCUT2D eigenvalue weighted by atomic mass is 10.0. The highest BCUT2D eigenvalue weighted by Gasteiger charge is 2.25.